The Bertz CT molecular complexity index is 2220. The molecule has 7 aromatic rings. The number of rotatable bonds is 2. The van der Waals surface area contributed by atoms with Crippen LogP contribution in [0, 0.1) is 0 Å². The van der Waals surface area contributed by atoms with Gasteiger partial charge in [0.2, 0.25) is 0 Å². The smallest absolute Gasteiger partial charge is 0.0718 e. The molecule has 0 saturated heterocycles. The van der Waals surface area contributed by atoms with Gasteiger partial charge in [0.05, 0.1) is 11.2 Å². The zero-order chi connectivity index (χ0) is 27.3. The Morgan fingerprint density at radius 1 is 0.512 bits per heavy atom. The average molecular weight is 523 g/mol. The Morgan fingerprint density at radius 3 is 2.12 bits per heavy atom. The standard InChI is InChI=1S/C39H26N2/c1-39(2)33-19-23(25-15-17-36(40-21-25)26-18-24-8-3-6-13-35(24)41-22-26)14-16-30(33)38-31-12-7-11-29-27-9-4-5-10-28(27)32(37(29)31)20-34(38)39/h3-22H,1-2H3. The summed E-state index contributed by atoms with van der Waals surface area (Å²) in [5, 5.41) is 3.88. The zero-order valence-corrected chi connectivity index (χ0v) is 22.9. The lowest BCUT2D eigenvalue weighted by molar-refractivity contribution is 0.661. The molecule has 2 heterocycles. The van der Waals surface area contributed by atoms with E-state index in [-0.39, 0.29) is 5.41 Å². The van der Waals surface area contributed by atoms with Crippen LogP contribution in [0.3, 0.4) is 0 Å². The molecule has 0 unspecified atom stereocenters. The van der Waals surface area contributed by atoms with Crippen LogP contribution in [-0.2, 0) is 5.41 Å². The molecule has 9 rings (SSSR count). The Morgan fingerprint density at radius 2 is 1.27 bits per heavy atom. The van der Waals surface area contributed by atoms with Crippen molar-refractivity contribution >= 4 is 21.7 Å². The summed E-state index contributed by atoms with van der Waals surface area (Å²) in [7, 11) is 0. The number of hydrogen-bond donors (Lipinski definition) is 0. The first-order valence-corrected chi connectivity index (χ1v) is 14.2. The second-order valence-corrected chi connectivity index (χ2v) is 11.9. The van der Waals surface area contributed by atoms with Gasteiger partial charge in [-0.1, -0.05) is 92.7 Å². The number of aromatic nitrogens is 2. The molecule has 0 aliphatic heterocycles. The van der Waals surface area contributed by atoms with Crippen LogP contribution in [0.1, 0.15) is 25.0 Å². The monoisotopic (exact) mass is 522 g/mol. The van der Waals surface area contributed by atoms with Gasteiger partial charge in [-0.25, -0.2) is 0 Å². The molecule has 0 atom stereocenters. The van der Waals surface area contributed by atoms with Gasteiger partial charge in [0.1, 0.15) is 0 Å². The minimum Gasteiger partial charge on any atom is -0.256 e. The first kappa shape index (κ1) is 22.7. The molecule has 0 saturated carbocycles. The largest absolute Gasteiger partial charge is 0.256 e. The summed E-state index contributed by atoms with van der Waals surface area (Å²) in [5.41, 5.74) is 16.1. The number of benzene rings is 5. The van der Waals surface area contributed by atoms with E-state index in [2.05, 4.69) is 110 Å². The van der Waals surface area contributed by atoms with Crippen LogP contribution in [0.4, 0.5) is 0 Å². The number of para-hydroxylation sites is 1. The Kier molecular flexibility index (Phi) is 4.42. The molecule has 192 valence electrons. The highest BCUT2D eigenvalue weighted by Gasteiger charge is 2.38. The van der Waals surface area contributed by atoms with E-state index in [0.717, 1.165) is 27.7 Å². The molecule has 0 radical (unpaired) electrons. The lowest BCUT2D eigenvalue weighted by Crippen LogP contribution is -2.15. The van der Waals surface area contributed by atoms with Crippen molar-refractivity contribution in [2.24, 2.45) is 0 Å². The maximum absolute atomic E-state index is 4.85. The van der Waals surface area contributed by atoms with Gasteiger partial charge in [-0.05, 0) is 91.2 Å². The fourth-order valence-corrected chi connectivity index (χ4v) is 7.21. The molecule has 5 aromatic carbocycles. The van der Waals surface area contributed by atoms with Crippen LogP contribution in [0.25, 0.3) is 77.4 Å². The summed E-state index contributed by atoms with van der Waals surface area (Å²) >= 11 is 0. The topological polar surface area (TPSA) is 25.8 Å². The van der Waals surface area contributed by atoms with E-state index in [1.165, 1.54) is 60.8 Å². The summed E-state index contributed by atoms with van der Waals surface area (Å²) in [6.07, 6.45) is 3.91. The van der Waals surface area contributed by atoms with E-state index in [0.29, 0.717) is 0 Å². The van der Waals surface area contributed by atoms with Crippen molar-refractivity contribution in [1.29, 1.82) is 0 Å². The molecular weight excluding hydrogens is 496 g/mol. The van der Waals surface area contributed by atoms with E-state index in [4.69, 9.17) is 4.98 Å². The van der Waals surface area contributed by atoms with Crippen LogP contribution in [0.5, 0.6) is 0 Å². The van der Waals surface area contributed by atoms with Crippen molar-refractivity contribution in [3.63, 3.8) is 0 Å². The molecule has 0 bridgehead atoms. The summed E-state index contributed by atoms with van der Waals surface area (Å²) in [6.45, 7) is 4.75. The number of fused-ring (bicyclic) bond motifs is 8. The second kappa shape index (κ2) is 7.99. The van der Waals surface area contributed by atoms with E-state index in [1.807, 2.05) is 30.6 Å². The number of nitrogens with zero attached hydrogens (tertiary/aromatic N) is 2. The predicted molar refractivity (Wildman–Crippen MR) is 170 cm³/mol. The van der Waals surface area contributed by atoms with Crippen molar-refractivity contribution < 1.29 is 0 Å². The summed E-state index contributed by atoms with van der Waals surface area (Å²) in [5.74, 6) is 0. The Hall–Kier alpha value is -5.08. The zero-order valence-electron chi connectivity index (χ0n) is 22.9. The fraction of sp³-hybridized carbons (Fsp3) is 0.0769. The maximum atomic E-state index is 4.85. The van der Waals surface area contributed by atoms with E-state index < -0.39 is 0 Å². The number of pyridine rings is 2. The SMILES string of the molecule is CC1(C)c2cc(-c3ccc(-c4cnc5ccccc5c4)nc3)ccc2-c2c1cc1c3c(cccc23)-c2ccccc2-1. The maximum Gasteiger partial charge on any atom is 0.0718 e. The van der Waals surface area contributed by atoms with Crippen LogP contribution in [0.15, 0.2) is 122 Å². The van der Waals surface area contributed by atoms with Gasteiger partial charge in [-0.3, -0.25) is 9.97 Å². The van der Waals surface area contributed by atoms with Crippen molar-refractivity contribution in [3.05, 3.63) is 133 Å². The average Bonchev–Trinajstić information content (AvgIpc) is 3.47. The van der Waals surface area contributed by atoms with Gasteiger partial charge in [-0.15, -0.1) is 0 Å². The van der Waals surface area contributed by atoms with Gasteiger partial charge >= 0.3 is 0 Å². The third-order valence-corrected chi connectivity index (χ3v) is 9.29. The van der Waals surface area contributed by atoms with Crippen molar-refractivity contribution in [2.75, 3.05) is 0 Å². The molecule has 2 aromatic heterocycles. The van der Waals surface area contributed by atoms with E-state index in [9.17, 15) is 0 Å². The molecule has 0 amide bonds. The van der Waals surface area contributed by atoms with Crippen LogP contribution in [0.2, 0.25) is 0 Å². The van der Waals surface area contributed by atoms with Gasteiger partial charge in [0.25, 0.3) is 0 Å². The second-order valence-electron chi connectivity index (χ2n) is 11.9. The molecule has 0 N–H and O–H groups in total. The minimum atomic E-state index is -0.108. The normalized spacial score (nSPS) is 13.8. The van der Waals surface area contributed by atoms with Gasteiger partial charge in [0.15, 0.2) is 0 Å². The van der Waals surface area contributed by atoms with E-state index >= 15 is 0 Å². The lowest BCUT2D eigenvalue weighted by atomic mass is 9.80. The molecule has 2 nitrogen and oxygen atoms in total. The van der Waals surface area contributed by atoms with Gasteiger partial charge in [0, 0.05) is 34.3 Å². The highest BCUT2D eigenvalue weighted by Crippen LogP contribution is 2.57. The van der Waals surface area contributed by atoms with Gasteiger partial charge < -0.3 is 0 Å². The van der Waals surface area contributed by atoms with Crippen LogP contribution >= 0.6 is 0 Å². The van der Waals surface area contributed by atoms with Gasteiger partial charge in [-0.2, -0.15) is 0 Å². The molecule has 2 heteroatoms. The first-order valence-electron chi connectivity index (χ1n) is 14.2. The highest BCUT2D eigenvalue weighted by molar-refractivity contribution is 6.20. The van der Waals surface area contributed by atoms with E-state index in [1.54, 1.807) is 0 Å². The number of hydrogen-bond acceptors (Lipinski definition) is 2. The minimum absolute atomic E-state index is 0.108. The summed E-state index contributed by atoms with van der Waals surface area (Å²) in [6, 6.07) is 39.8. The first-order chi connectivity index (χ1) is 20.1. The quantitative estimate of drug-likeness (QED) is 0.226. The summed E-state index contributed by atoms with van der Waals surface area (Å²) < 4.78 is 0. The third-order valence-electron chi connectivity index (χ3n) is 9.29. The molecule has 41 heavy (non-hydrogen) atoms. The molecular formula is C39H26N2. The molecule has 2 aliphatic carbocycles. The lowest BCUT2D eigenvalue weighted by Gasteiger charge is -2.23. The summed E-state index contributed by atoms with van der Waals surface area (Å²) in [4.78, 5) is 9.48. The Labute approximate surface area is 239 Å². The molecule has 2 aliphatic rings. The third kappa shape index (κ3) is 3.08. The van der Waals surface area contributed by atoms with Crippen molar-refractivity contribution in [1.82, 2.24) is 9.97 Å². The Balaban J connectivity index is 1.15. The molecule has 0 spiro atoms. The highest BCUT2D eigenvalue weighted by atomic mass is 14.7. The van der Waals surface area contributed by atoms with Crippen molar-refractivity contribution in [2.45, 2.75) is 19.3 Å². The predicted octanol–water partition coefficient (Wildman–Crippen LogP) is 10.1. The van der Waals surface area contributed by atoms with Crippen LogP contribution in [-0.4, -0.2) is 9.97 Å². The molecule has 0 fully saturated rings. The van der Waals surface area contributed by atoms with Crippen molar-refractivity contribution in [3.8, 4) is 55.8 Å². The fourth-order valence-electron chi connectivity index (χ4n) is 7.21. The van der Waals surface area contributed by atoms with Crippen LogP contribution < -0.4 is 0 Å².